The Morgan fingerprint density at radius 2 is 2.06 bits per heavy atom. The van der Waals surface area contributed by atoms with Crippen molar-refractivity contribution in [1.29, 1.82) is 0 Å². The van der Waals surface area contributed by atoms with Crippen molar-refractivity contribution in [3.05, 3.63) is 30.3 Å². The quantitative estimate of drug-likeness (QED) is 0.622. The molecule has 1 aromatic rings. The second kappa shape index (κ2) is 7.03. The Labute approximate surface area is 102 Å². The van der Waals surface area contributed by atoms with Gasteiger partial charge in [0.2, 0.25) is 0 Å². The zero-order valence-electron chi connectivity index (χ0n) is 9.44. The molecule has 0 aliphatic carbocycles. The maximum absolute atomic E-state index is 4.91. The van der Waals surface area contributed by atoms with Gasteiger partial charge in [-0.2, -0.15) is 0 Å². The van der Waals surface area contributed by atoms with E-state index in [1.165, 1.54) is 5.69 Å². The van der Waals surface area contributed by atoms with Crippen LogP contribution in [0.25, 0.3) is 0 Å². The fourth-order valence-electron chi connectivity index (χ4n) is 1.37. The lowest BCUT2D eigenvalue weighted by Crippen LogP contribution is -2.24. The number of rotatable bonds is 1. The van der Waals surface area contributed by atoms with Gasteiger partial charge in [-0.3, -0.25) is 5.32 Å². The molecule has 0 saturated carbocycles. The van der Waals surface area contributed by atoms with Gasteiger partial charge in [0.25, 0.3) is 0 Å². The van der Waals surface area contributed by atoms with Gasteiger partial charge >= 0.3 is 0 Å². The van der Waals surface area contributed by atoms with Crippen molar-refractivity contribution in [3.63, 3.8) is 0 Å². The van der Waals surface area contributed by atoms with Crippen LogP contribution in [0.1, 0.15) is 0 Å². The van der Waals surface area contributed by atoms with E-state index in [1.807, 2.05) is 6.07 Å². The molecule has 0 unspecified atom stereocenters. The van der Waals surface area contributed by atoms with Crippen molar-refractivity contribution in [3.8, 4) is 0 Å². The molecule has 4 N–H and O–H groups in total. The number of hydrogen-bond donors (Lipinski definition) is 3. The first-order chi connectivity index (χ1) is 7.74. The second-order valence-electron chi connectivity index (χ2n) is 3.37. The normalized spacial score (nSPS) is 13.9. The third-order valence-corrected chi connectivity index (χ3v) is 2.43. The number of para-hydroxylation sites is 1. The van der Waals surface area contributed by atoms with Gasteiger partial charge in [0.05, 0.1) is 6.67 Å². The van der Waals surface area contributed by atoms with Crippen LogP contribution < -0.4 is 21.3 Å². The number of nitrogens with one attached hydrogen (secondary N) is 2. The summed E-state index contributed by atoms with van der Waals surface area (Å²) in [6, 6.07) is 10.5. The predicted molar refractivity (Wildman–Crippen MR) is 72.5 cm³/mol. The summed E-state index contributed by atoms with van der Waals surface area (Å²) in [6.07, 6.45) is 0. The summed E-state index contributed by atoms with van der Waals surface area (Å²) in [5, 5.41) is 6.17. The molecular formula is C11H18N4S. The molecule has 1 aliphatic rings. The van der Waals surface area contributed by atoms with Gasteiger partial charge in [-0.15, -0.1) is 0 Å². The van der Waals surface area contributed by atoms with Crippen molar-refractivity contribution < 1.29 is 0 Å². The maximum Gasteiger partial charge on any atom is 0.163 e. The monoisotopic (exact) mass is 238 g/mol. The Morgan fingerprint density at radius 3 is 2.50 bits per heavy atom. The summed E-state index contributed by atoms with van der Waals surface area (Å²) in [7, 11) is 1.68. The van der Waals surface area contributed by atoms with E-state index < -0.39 is 0 Å². The molecule has 1 saturated heterocycles. The summed E-state index contributed by atoms with van der Waals surface area (Å²) in [6.45, 7) is 3.23. The second-order valence-corrected chi connectivity index (χ2v) is 3.81. The van der Waals surface area contributed by atoms with Crippen molar-refractivity contribution in [2.24, 2.45) is 5.73 Å². The molecule has 2 rings (SSSR count). The topological polar surface area (TPSA) is 53.3 Å². The van der Waals surface area contributed by atoms with Gasteiger partial charge < -0.3 is 16.0 Å². The van der Waals surface area contributed by atoms with Crippen LogP contribution in [0, 0.1) is 0 Å². The lowest BCUT2D eigenvalue weighted by Gasteiger charge is -2.15. The molecule has 1 aromatic carbocycles. The highest BCUT2D eigenvalue weighted by atomic mass is 32.1. The van der Waals surface area contributed by atoms with E-state index in [1.54, 1.807) is 7.05 Å². The van der Waals surface area contributed by atoms with Gasteiger partial charge in [0, 0.05) is 25.8 Å². The summed E-state index contributed by atoms with van der Waals surface area (Å²) >= 11 is 4.36. The van der Waals surface area contributed by atoms with Crippen LogP contribution in [0.15, 0.2) is 30.3 Å². The zero-order chi connectivity index (χ0) is 11.8. The predicted octanol–water partition coefficient (Wildman–Crippen LogP) is 0.503. The molecule has 0 aromatic heterocycles. The molecular weight excluding hydrogens is 220 g/mol. The minimum Gasteiger partial charge on any atom is -0.376 e. The third-order valence-electron chi connectivity index (χ3n) is 2.23. The number of benzene rings is 1. The van der Waals surface area contributed by atoms with Gasteiger partial charge in [0.15, 0.2) is 5.11 Å². The minimum absolute atomic E-state index is 0.338. The van der Waals surface area contributed by atoms with E-state index in [2.05, 4.69) is 52.0 Å². The maximum atomic E-state index is 4.91. The zero-order valence-corrected chi connectivity index (χ0v) is 10.3. The Hall–Kier alpha value is -1.33. The van der Waals surface area contributed by atoms with Gasteiger partial charge in [-0.05, 0) is 24.4 Å². The summed E-state index contributed by atoms with van der Waals surface area (Å²) < 4.78 is 0. The Balaban J connectivity index is 0.000000221. The molecule has 1 fully saturated rings. The highest BCUT2D eigenvalue weighted by molar-refractivity contribution is 7.80. The van der Waals surface area contributed by atoms with Crippen LogP contribution in [0.5, 0.6) is 0 Å². The summed E-state index contributed by atoms with van der Waals surface area (Å²) in [5.74, 6) is 0. The van der Waals surface area contributed by atoms with Crippen LogP contribution >= 0.6 is 12.2 Å². The molecule has 0 bridgehead atoms. The largest absolute Gasteiger partial charge is 0.376 e. The van der Waals surface area contributed by atoms with Gasteiger partial charge in [-0.1, -0.05) is 18.2 Å². The first-order valence-electron chi connectivity index (χ1n) is 5.22. The number of thiocarbonyl (C=S) groups is 1. The van der Waals surface area contributed by atoms with Crippen molar-refractivity contribution >= 4 is 23.0 Å². The minimum atomic E-state index is 0.338. The molecule has 0 amide bonds. The van der Waals surface area contributed by atoms with E-state index in [-0.39, 0.29) is 0 Å². The Bertz CT molecular complexity index is 309. The highest BCUT2D eigenvalue weighted by Crippen LogP contribution is 2.12. The highest BCUT2D eigenvalue weighted by Gasteiger charge is 2.09. The molecule has 0 spiro atoms. The number of anilines is 1. The van der Waals surface area contributed by atoms with E-state index >= 15 is 0 Å². The van der Waals surface area contributed by atoms with Gasteiger partial charge in [-0.25, -0.2) is 0 Å². The average molecular weight is 238 g/mol. The average Bonchev–Trinajstić information content (AvgIpc) is 2.84. The van der Waals surface area contributed by atoms with Gasteiger partial charge in [0.1, 0.15) is 0 Å². The summed E-state index contributed by atoms with van der Waals surface area (Å²) in [5.41, 5.74) is 6.23. The SMILES string of the molecule is CNC(N)=S.c1ccc(N2CCNC2)cc1. The molecule has 1 aliphatic heterocycles. The molecule has 5 heteroatoms. The van der Waals surface area contributed by atoms with Crippen LogP contribution in [-0.2, 0) is 0 Å². The lowest BCUT2D eigenvalue weighted by atomic mass is 10.3. The van der Waals surface area contributed by atoms with Crippen molar-refractivity contribution in [2.75, 3.05) is 31.7 Å². The van der Waals surface area contributed by atoms with E-state index in [0.717, 1.165) is 19.8 Å². The van der Waals surface area contributed by atoms with E-state index in [9.17, 15) is 0 Å². The fraction of sp³-hybridized carbons (Fsp3) is 0.364. The standard InChI is InChI=1S/C9H12N2.C2H6N2S/c1-2-4-9(5-3-1)11-7-6-10-8-11;1-4-2(3)5/h1-5,10H,6-8H2;1H3,(H3,3,4,5). The van der Waals surface area contributed by atoms with Crippen LogP contribution in [0.4, 0.5) is 5.69 Å². The number of nitrogens with two attached hydrogens (primary N) is 1. The third kappa shape index (κ3) is 4.46. The molecule has 0 atom stereocenters. The Morgan fingerprint density at radius 1 is 1.44 bits per heavy atom. The fourth-order valence-corrected chi connectivity index (χ4v) is 1.37. The molecule has 88 valence electrons. The Kier molecular flexibility index (Phi) is 5.60. The summed E-state index contributed by atoms with van der Waals surface area (Å²) in [4.78, 5) is 2.33. The molecule has 1 heterocycles. The van der Waals surface area contributed by atoms with Crippen molar-refractivity contribution in [2.45, 2.75) is 0 Å². The molecule has 16 heavy (non-hydrogen) atoms. The number of hydrogen-bond acceptors (Lipinski definition) is 3. The van der Waals surface area contributed by atoms with E-state index in [4.69, 9.17) is 5.73 Å². The first-order valence-corrected chi connectivity index (χ1v) is 5.62. The lowest BCUT2D eigenvalue weighted by molar-refractivity contribution is 0.855. The molecule has 0 radical (unpaired) electrons. The van der Waals surface area contributed by atoms with Crippen LogP contribution in [0.2, 0.25) is 0 Å². The molecule has 4 nitrogen and oxygen atoms in total. The van der Waals surface area contributed by atoms with Crippen LogP contribution in [0.3, 0.4) is 0 Å². The number of nitrogens with zero attached hydrogens (tertiary/aromatic N) is 1. The van der Waals surface area contributed by atoms with Crippen molar-refractivity contribution in [1.82, 2.24) is 10.6 Å². The smallest absolute Gasteiger partial charge is 0.163 e. The van der Waals surface area contributed by atoms with Crippen LogP contribution in [-0.4, -0.2) is 31.9 Å². The van der Waals surface area contributed by atoms with E-state index in [0.29, 0.717) is 5.11 Å². The first kappa shape index (κ1) is 12.7.